The highest BCUT2D eigenvalue weighted by molar-refractivity contribution is 7.91. The summed E-state index contributed by atoms with van der Waals surface area (Å²) >= 11 is 0. The van der Waals surface area contributed by atoms with Gasteiger partial charge in [0.1, 0.15) is 0 Å². The Bertz CT molecular complexity index is 471. The molecule has 0 saturated carbocycles. The first-order valence-electron chi connectivity index (χ1n) is 7.47. The van der Waals surface area contributed by atoms with Crippen LogP contribution in [0.2, 0.25) is 0 Å². The molecule has 1 aromatic carbocycles. The summed E-state index contributed by atoms with van der Waals surface area (Å²) in [5, 5.41) is 3.35. The number of nitrogens with one attached hydrogen (secondary N) is 1. The van der Waals surface area contributed by atoms with Crippen molar-refractivity contribution in [3.8, 4) is 0 Å². The molecule has 0 aromatic heterocycles. The molecule has 2 unspecified atom stereocenters. The predicted molar refractivity (Wildman–Crippen MR) is 85.6 cm³/mol. The maximum atomic E-state index is 12.3. The zero-order valence-corrected chi connectivity index (χ0v) is 13.6. The first-order chi connectivity index (χ1) is 9.48. The lowest BCUT2D eigenvalue weighted by Gasteiger charge is -2.20. The molecule has 20 heavy (non-hydrogen) atoms. The molecule has 0 amide bonds. The van der Waals surface area contributed by atoms with Crippen LogP contribution in [-0.2, 0) is 9.84 Å². The van der Waals surface area contributed by atoms with E-state index in [1.807, 2.05) is 44.2 Å². The zero-order valence-electron chi connectivity index (χ0n) is 12.8. The van der Waals surface area contributed by atoms with Crippen LogP contribution in [0.5, 0.6) is 0 Å². The van der Waals surface area contributed by atoms with E-state index in [1.54, 1.807) is 0 Å². The van der Waals surface area contributed by atoms with Crippen LogP contribution in [0.15, 0.2) is 30.3 Å². The Labute approximate surface area is 123 Å². The van der Waals surface area contributed by atoms with Crippen molar-refractivity contribution < 1.29 is 8.42 Å². The highest BCUT2D eigenvalue weighted by atomic mass is 32.2. The molecular weight excluding hydrogens is 270 g/mol. The van der Waals surface area contributed by atoms with Crippen LogP contribution in [0.25, 0.3) is 0 Å². The minimum absolute atomic E-state index is 0.106. The van der Waals surface area contributed by atoms with Gasteiger partial charge in [0.2, 0.25) is 0 Å². The molecule has 1 rings (SSSR count). The molecule has 0 aliphatic heterocycles. The van der Waals surface area contributed by atoms with E-state index >= 15 is 0 Å². The number of rotatable bonds is 9. The number of sulfone groups is 1. The SMILES string of the molecule is CCCNC(CS(=O)(=O)CC(C)CC)c1ccccc1. The Morgan fingerprint density at radius 1 is 1.10 bits per heavy atom. The molecule has 0 spiro atoms. The van der Waals surface area contributed by atoms with Crippen molar-refractivity contribution >= 4 is 9.84 Å². The lowest BCUT2D eigenvalue weighted by molar-refractivity contribution is 0.533. The van der Waals surface area contributed by atoms with Gasteiger partial charge in [0.05, 0.1) is 11.5 Å². The number of hydrogen-bond acceptors (Lipinski definition) is 3. The third-order valence-electron chi connectivity index (χ3n) is 3.50. The molecule has 4 heteroatoms. The first-order valence-corrected chi connectivity index (χ1v) is 9.29. The van der Waals surface area contributed by atoms with E-state index in [0.717, 1.165) is 24.9 Å². The third-order valence-corrected chi connectivity index (χ3v) is 5.42. The zero-order chi connectivity index (χ0) is 15.0. The summed E-state index contributed by atoms with van der Waals surface area (Å²) in [7, 11) is -3.03. The van der Waals surface area contributed by atoms with Crippen molar-refractivity contribution in [2.24, 2.45) is 5.92 Å². The first kappa shape index (κ1) is 17.2. The van der Waals surface area contributed by atoms with Gasteiger partial charge in [0.25, 0.3) is 0 Å². The Hall–Kier alpha value is -0.870. The lowest BCUT2D eigenvalue weighted by atomic mass is 10.1. The van der Waals surface area contributed by atoms with Crippen molar-refractivity contribution in [3.63, 3.8) is 0 Å². The summed E-state index contributed by atoms with van der Waals surface area (Å²) in [6.07, 6.45) is 1.90. The summed E-state index contributed by atoms with van der Waals surface area (Å²) in [4.78, 5) is 0. The van der Waals surface area contributed by atoms with Gasteiger partial charge >= 0.3 is 0 Å². The van der Waals surface area contributed by atoms with Gasteiger partial charge in [-0.1, -0.05) is 57.5 Å². The molecule has 3 nitrogen and oxygen atoms in total. The second kappa shape index (κ2) is 8.42. The molecule has 0 radical (unpaired) electrons. The van der Waals surface area contributed by atoms with Crippen molar-refractivity contribution in [3.05, 3.63) is 35.9 Å². The molecule has 0 aliphatic rings. The van der Waals surface area contributed by atoms with Crippen molar-refractivity contribution in [1.29, 1.82) is 0 Å². The van der Waals surface area contributed by atoms with Crippen LogP contribution in [0, 0.1) is 5.92 Å². The molecule has 0 aliphatic carbocycles. The molecule has 0 heterocycles. The fourth-order valence-corrected chi connectivity index (χ4v) is 4.21. The molecule has 0 fully saturated rings. The van der Waals surface area contributed by atoms with Crippen LogP contribution in [-0.4, -0.2) is 26.5 Å². The van der Waals surface area contributed by atoms with E-state index < -0.39 is 9.84 Å². The Morgan fingerprint density at radius 3 is 2.30 bits per heavy atom. The second-order valence-corrected chi connectivity index (χ2v) is 7.66. The standard InChI is InChI=1S/C16H27NO2S/c1-4-11-17-16(15-9-7-6-8-10-15)13-20(18,19)12-14(3)5-2/h6-10,14,16-17H,4-5,11-13H2,1-3H3. The smallest absolute Gasteiger partial charge is 0.152 e. The largest absolute Gasteiger partial charge is 0.309 e. The van der Waals surface area contributed by atoms with Crippen molar-refractivity contribution in [1.82, 2.24) is 5.32 Å². The Kier molecular flexibility index (Phi) is 7.24. The Balaban J connectivity index is 2.79. The highest BCUT2D eigenvalue weighted by Gasteiger charge is 2.21. The number of benzene rings is 1. The summed E-state index contributed by atoms with van der Waals surface area (Å²) in [5.74, 6) is 0.685. The fraction of sp³-hybridized carbons (Fsp3) is 0.625. The normalized spacial score (nSPS) is 14.9. The summed E-state index contributed by atoms with van der Waals surface area (Å²) in [6.45, 7) is 6.94. The lowest BCUT2D eigenvalue weighted by Crippen LogP contribution is -2.30. The molecule has 1 N–H and O–H groups in total. The quantitative estimate of drug-likeness (QED) is 0.761. The van der Waals surface area contributed by atoms with Crippen molar-refractivity contribution in [2.75, 3.05) is 18.1 Å². The van der Waals surface area contributed by atoms with Gasteiger partial charge in [-0.2, -0.15) is 0 Å². The minimum Gasteiger partial charge on any atom is -0.309 e. The predicted octanol–water partition coefficient (Wildman–Crippen LogP) is 3.19. The maximum absolute atomic E-state index is 12.3. The van der Waals surface area contributed by atoms with E-state index in [-0.39, 0.29) is 23.5 Å². The maximum Gasteiger partial charge on any atom is 0.152 e. The van der Waals surface area contributed by atoms with Gasteiger partial charge in [-0.25, -0.2) is 8.42 Å². The molecule has 114 valence electrons. The summed E-state index contributed by atoms with van der Waals surface area (Å²) < 4.78 is 24.6. The molecule has 1 aromatic rings. The second-order valence-electron chi connectivity index (χ2n) is 5.51. The van der Waals surface area contributed by atoms with Gasteiger partial charge in [0, 0.05) is 6.04 Å². The summed E-state index contributed by atoms with van der Waals surface area (Å²) in [5.41, 5.74) is 1.05. The molecule has 2 atom stereocenters. The van der Waals surface area contributed by atoms with Gasteiger partial charge in [-0.15, -0.1) is 0 Å². The van der Waals surface area contributed by atoms with Gasteiger partial charge in [0.15, 0.2) is 9.84 Å². The monoisotopic (exact) mass is 297 g/mol. The van der Waals surface area contributed by atoms with Crippen molar-refractivity contribution in [2.45, 2.75) is 39.7 Å². The van der Waals surface area contributed by atoms with Gasteiger partial charge < -0.3 is 5.32 Å². The van der Waals surface area contributed by atoms with Crippen LogP contribution in [0.3, 0.4) is 0 Å². The molecule has 0 bridgehead atoms. The van der Waals surface area contributed by atoms with Gasteiger partial charge in [-0.3, -0.25) is 0 Å². The average Bonchev–Trinajstić information content (AvgIpc) is 2.43. The van der Waals surface area contributed by atoms with E-state index in [4.69, 9.17) is 0 Å². The summed E-state index contributed by atoms with van der Waals surface area (Å²) in [6, 6.07) is 9.74. The van der Waals surface area contributed by atoms with Gasteiger partial charge in [-0.05, 0) is 24.4 Å². The van der Waals surface area contributed by atoms with Crippen LogP contribution in [0.4, 0.5) is 0 Å². The topological polar surface area (TPSA) is 46.2 Å². The third kappa shape index (κ3) is 6.06. The van der Waals surface area contributed by atoms with Crippen LogP contribution < -0.4 is 5.32 Å². The van der Waals surface area contributed by atoms with Crippen LogP contribution in [0.1, 0.15) is 45.2 Å². The number of hydrogen-bond donors (Lipinski definition) is 1. The molecule has 0 saturated heterocycles. The highest BCUT2D eigenvalue weighted by Crippen LogP contribution is 2.17. The van der Waals surface area contributed by atoms with E-state index in [2.05, 4.69) is 12.2 Å². The average molecular weight is 297 g/mol. The fourth-order valence-electron chi connectivity index (χ4n) is 2.15. The molecular formula is C16H27NO2S. The Morgan fingerprint density at radius 2 is 1.75 bits per heavy atom. The minimum atomic E-state index is -3.03. The van der Waals surface area contributed by atoms with E-state index in [1.165, 1.54) is 0 Å². The van der Waals surface area contributed by atoms with E-state index in [0.29, 0.717) is 0 Å². The van der Waals surface area contributed by atoms with E-state index in [9.17, 15) is 8.42 Å². The van der Waals surface area contributed by atoms with Crippen LogP contribution >= 0.6 is 0 Å².